The van der Waals surface area contributed by atoms with Crippen molar-refractivity contribution in [1.29, 1.82) is 0 Å². The van der Waals surface area contributed by atoms with Crippen molar-refractivity contribution in [3.63, 3.8) is 0 Å². The summed E-state index contributed by atoms with van der Waals surface area (Å²) in [6, 6.07) is 0. The zero-order valence-electron chi connectivity index (χ0n) is 16.7. The lowest BCUT2D eigenvalue weighted by Gasteiger charge is -2.31. The van der Waals surface area contributed by atoms with Crippen LogP contribution in [-0.4, -0.2) is 47.8 Å². The quantitative estimate of drug-likeness (QED) is 0.367. The molecule has 2 aliphatic rings. The molecule has 2 fully saturated rings. The molecule has 4 atom stereocenters. The van der Waals surface area contributed by atoms with Gasteiger partial charge in [-0.3, -0.25) is 9.59 Å². The highest BCUT2D eigenvalue weighted by atomic mass is 16.6. The van der Waals surface area contributed by atoms with Crippen LogP contribution in [0.3, 0.4) is 0 Å². The second kappa shape index (κ2) is 7.77. The average Bonchev–Trinajstić information content (AvgIpc) is 3.01. The predicted octanol–water partition coefficient (Wildman–Crippen LogP) is 2.01. The van der Waals surface area contributed by atoms with Crippen molar-refractivity contribution < 1.29 is 38.1 Å². The van der Waals surface area contributed by atoms with Crippen molar-refractivity contribution in [2.24, 2.45) is 5.92 Å². The minimum atomic E-state index is -1.17. The lowest BCUT2D eigenvalue weighted by Crippen LogP contribution is -2.43. The van der Waals surface area contributed by atoms with Gasteiger partial charge in [-0.1, -0.05) is 13.2 Å². The van der Waals surface area contributed by atoms with Crippen molar-refractivity contribution in [1.82, 2.24) is 0 Å². The Morgan fingerprint density at radius 2 is 1.57 bits per heavy atom. The maximum Gasteiger partial charge on any atom is 0.333 e. The Morgan fingerprint density at radius 1 is 1.04 bits per heavy atom. The van der Waals surface area contributed by atoms with Gasteiger partial charge in [0.2, 0.25) is 0 Å². The average molecular weight is 394 g/mol. The largest absolute Gasteiger partial charge is 0.461 e. The summed E-state index contributed by atoms with van der Waals surface area (Å²) in [5.74, 6) is -2.96. The number of esters is 4. The number of rotatable bonds is 7. The minimum absolute atomic E-state index is 0.0676. The van der Waals surface area contributed by atoms with E-state index in [0.29, 0.717) is 0 Å². The van der Waals surface area contributed by atoms with E-state index in [1.54, 1.807) is 13.8 Å². The molecule has 0 aromatic carbocycles. The molecule has 0 aromatic heterocycles. The Bertz CT molecular complexity index is 738. The minimum Gasteiger partial charge on any atom is -0.461 e. The van der Waals surface area contributed by atoms with E-state index < -0.39 is 47.1 Å². The highest BCUT2D eigenvalue weighted by molar-refractivity contribution is 5.88. The van der Waals surface area contributed by atoms with Gasteiger partial charge in [0.05, 0.1) is 12.3 Å². The fourth-order valence-electron chi connectivity index (χ4n) is 3.30. The maximum absolute atomic E-state index is 12.2. The molecule has 28 heavy (non-hydrogen) atoms. The number of hydrogen-bond acceptors (Lipinski definition) is 8. The van der Waals surface area contributed by atoms with Crippen LogP contribution in [0.15, 0.2) is 24.3 Å². The molecular formula is C20H26O8. The molecule has 0 saturated carbocycles. The van der Waals surface area contributed by atoms with Crippen molar-refractivity contribution >= 4 is 23.9 Å². The first-order chi connectivity index (χ1) is 12.9. The number of hydrogen-bond donors (Lipinski definition) is 0. The Balaban J connectivity index is 2.11. The van der Waals surface area contributed by atoms with Gasteiger partial charge < -0.3 is 18.9 Å². The van der Waals surface area contributed by atoms with Gasteiger partial charge in [0, 0.05) is 11.1 Å². The molecule has 8 heteroatoms. The van der Waals surface area contributed by atoms with Crippen LogP contribution in [0.25, 0.3) is 0 Å². The third-order valence-corrected chi connectivity index (χ3v) is 5.04. The zero-order valence-corrected chi connectivity index (χ0v) is 16.7. The molecule has 0 amide bonds. The molecule has 154 valence electrons. The van der Waals surface area contributed by atoms with E-state index in [1.807, 2.05) is 0 Å². The van der Waals surface area contributed by atoms with E-state index in [1.165, 1.54) is 13.8 Å². The molecule has 2 aliphatic heterocycles. The number of ether oxygens (including phenoxy) is 4. The lowest BCUT2D eigenvalue weighted by atomic mass is 9.84. The van der Waals surface area contributed by atoms with Crippen LogP contribution >= 0.6 is 0 Å². The van der Waals surface area contributed by atoms with Gasteiger partial charge in [-0.25, -0.2) is 9.59 Å². The molecule has 2 saturated heterocycles. The van der Waals surface area contributed by atoms with E-state index >= 15 is 0 Å². The Kier molecular flexibility index (Phi) is 6.01. The summed E-state index contributed by atoms with van der Waals surface area (Å²) in [5, 5.41) is 0. The first-order valence-electron chi connectivity index (χ1n) is 9.02. The highest BCUT2D eigenvalue weighted by Crippen LogP contribution is 2.39. The summed E-state index contributed by atoms with van der Waals surface area (Å²) < 4.78 is 21.3. The number of carbonyl (C=O) groups excluding carboxylic acids is 4. The zero-order chi connectivity index (χ0) is 21.3. The Labute approximate surface area is 163 Å². The summed E-state index contributed by atoms with van der Waals surface area (Å²) in [4.78, 5) is 47.9. The molecule has 8 nitrogen and oxygen atoms in total. The first-order valence-corrected chi connectivity index (χ1v) is 9.02. The second-order valence-corrected chi connectivity index (χ2v) is 7.86. The van der Waals surface area contributed by atoms with Crippen LogP contribution in [-0.2, 0) is 38.1 Å². The van der Waals surface area contributed by atoms with Crippen LogP contribution in [0.4, 0.5) is 0 Å². The first kappa shape index (κ1) is 21.7. The van der Waals surface area contributed by atoms with Gasteiger partial charge in [0.25, 0.3) is 0 Å². The van der Waals surface area contributed by atoms with Crippen LogP contribution in [0.5, 0.6) is 0 Å². The molecule has 0 aliphatic carbocycles. The van der Waals surface area contributed by atoms with Gasteiger partial charge in [0.15, 0.2) is 11.2 Å². The summed E-state index contributed by atoms with van der Waals surface area (Å²) in [6.45, 7) is 13.2. The SMILES string of the molecule is C=C(C)C(=O)OC1(C)CC(=O)OC1CCC1C(=O)OCC1(C)OC(=O)C(=C)C. The molecule has 2 heterocycles. The molecule has 0 spiro atoms. The van der Waals surface area contributed by atoms with Crippen molar-refractivity contribution in [2.45, 2.75) is 64.3 Å². The van der Waals surface area contributed by atoms with Gasteiger partial charge >= 0.3 is 23.9 Å². The standard InChI is InChI=1S/C20H26O8/c1-11(2)16(22)27-19(5)9-15(21)26-14(19)8-7-13-18(24)25-10-20(13,6)28-17(23)12(3)4/h13-14H,1,3,7-10H2,2,4-6H3. The molecule has 2 rings (SSSR count). The van der Waals surface area contributed by atoms with Gasteiger partial charge in [-0.05, 0) is 40.5 Å². The van der Waals surface area contributed by atoms with Crippen molar-refractivity contribution in [2.75, 3.05) is 6.61 Å². The topological polar surface area (TPSA) is 105 Å². The van der Waals surface area contributed by atoms with E-state index in [-0.39, 0.29) is 37.0 Å². The molecule has 0 N–H and O–H groups in total. The number of cyclic esters (lactones) is 2. The van der Waals surface area contributed by atoms with Crippen LogP contribution in [0.1, 0.15) is 47.0 Å². The smallest absolute Gasteiger partial charge is 0.333 e. The Hall–Kier alpha value is -2.64. The van der Waals surface area contributed by atoms with Crippen molar-refractivity contribution in [3.05, 3.63) is 24.3 Å². The monoisotopic (exact) mass is 394 g/mol. The summed E-state index contributed by atoms with van der Waals surface area (Å²) in [6.07, 6.45) is -0.381. The lowest BCUT2D eigenvalue weighted by molar-refractivity contribution is -0.162. The van der Waals surface area contributed by atoms with Crippen LogP contribution in [0.2, 0.25) is 0 Å². The molecule has 4 unspecified atom stereocenters. The highest BCUT2D eigenvalue weighted by Gasteiger charge is 2.53. The predicted molar refractivity (Wildman–Crippen MR) is 96.8 cm³/mol. The van der Waals surface area contributed by atoms with Gasteiger partial charge in [0.1, 0.15) is 12.7 Å². The second-order valence-electron chi connectivity index (χ2n) is 7.86. The third-order valence-electron chi connectivity index (χ3n) is 5.04. The van der Waals surface area contributed by atoms with Crippen LogP contribution in [0, 0.1) is 5.92 Å². The van der Waals surface area contributed by atoms with Crippen LogP contribution < -0.4 is 0 Å². The maximum atomic E-state index is 12.2. The molecule has 0 radical (unpaired) electrons. The van der Waals surface area contributed by atoms with E-state index in [0.717, 1.165) is 0 Å². The van der Waals surface area contributed by atoms with Gasteiger partial charge in [-0.2, -0.15) is 0 Å². The summed E-state index contributed by atoms with van der Waals surface area (Å²) >= 11 is 0. The normalized spacial score (nSPS) is 31.7. The Morgan fingerprint density at radius 3 is 2.11 bits per heavy atom. The van der Waals surface area contributed by atoms with E-state index in [4.69, 9.17) is 18.9 Å². The van der Waals surface area contributed by atoms with E-state index in [2.05, 4.69) is 13.2 Å². The fraction of sp³-hybridized carbons (Fsp3) is 0.600. The fourth-order valence-corrected chi connectivity index (χ4v) is 3.30. The molecule has 0 bridgehead atoms. The van der Waals surface area contributed by atoms with E-state index in [9.17, 15) is 19.2 Å². The van der Waals surface area contributed by atoms with Crippen molar-refractivity contribution in [3.8, 4) is 0 Å². The number of carbonyl (C=O) groups is 4. The summed E-state index contributed by atoms with van der Waals surface area (Å²) in [5.41, 5.74) is -1.90. The van der Waals surface area contributed by atoms with Gasteiger partial charge in [-0.15, -0.1) is 0 Å². The summed E-state index contributed by atoms with van der Waals surface area (Å²) in [7, 11) is 0. The third kappa shape index (κ3) is 4.43. The molecule has 0 aromatic rings. The molecular weight excluding hydrogens is 368 g/mol.